The lowest BCUT2D eigenvalue weighted by Gasteiger charge is -2.02. The Morgan fingerprint density at radius 2 is 1.94 bits per heavy atom. The number of aromatic nitrogens is 2. The van der Waals surface area contributed by atoms with Gasteiger partial charge in [-0.2, -0.15) is 5.10 Å². The van der Waals surface area contributed by atoms with E-state index < -0.39 is 0 Å². The van der Waals surface area contributed by atoms with Crippen LogP contribution in [0.3, 0.4) is 0 Å². The van der Waals surface area contributed by atoms with Gasteiger partial charge < -0.3 is 4.42 Å². The normalized spacial score (nSPS) is 10.9. The van der Waals surface area contributed by atoms with E-state index in [1.165, 1.54) is 0 Å². The Morgan fingerprint density at radius 1 is 1.28 bits per heavy atom. The number of hydrogen-bond donors (Lipinski definition) is 0. The molecule has 0 aliphatic rings. The smallest absolute Gasteiger partial charge is 0.172 e. The molecule has 0 atom stereocenters. The van der Waals surface area contributed by atoms with Crippen molar-refractivity contribution in [3.8, 4) is 0 Å². The molecule has 18 heavy (non-hydrogen) atoms. The lowest BCUT2D eigenvalue weighted by Crippen LogP contribution is -2.09. The van der Waals surface area contributed by atoms with Crippen molar-refractivity contribution in [3.05, 3.63) is 40.1 Å². The highest BCUT2D eigenvalue weighted by molar-refractivity contribution is 5.99. The van der Waals surface area contributed by atoms with Gasteiger partial charge in [0.15, 0.2) is 5.78 Å². The number of Topliss-reactive ketones (excluding diaryl/α,β-unsaturated/α-hetero) is 1. The van der Waals surface area contributed by atoms with Gasteiger partial charge in [-0.25, -0.2) is 0 Å². The van der Waals surface area contributed by atoms with E-state index in [2.05, 4.69) is 5.10 Å². The first-order valence-corrected chi connectivity index (χ1v) is 5.99. The zero-order chi connectivity index (χ0) is 13.4. The van der Waals surface area contributed by atoms with Crippen molar-refractivity contribution in [2.45, 2.75) is 34.1 Å². The van der Waals surface area contributed by atoms with Crippen LogP contribution in [-0.4, -0.2) is 15.6 Å². The van der Waals surface area contributed by atoms with Crippen LogP contribution in [0.5, 0.6) is 0 Å². The topological polar surface area (TPSA) is 48.0 Å². The minimum atomic E-state index is 0.0878. The molecule has 0 fully saturated rings. The lowest BCUT2D eigenvalue weighted by molar-refractivity contribution is 0.0989. The first-order valence-electron chi connectivity index (χ1n) is 5.99. The standard InChI is InChI=1S/C14H18N2O2/c1-8-6-12(16(5)15-8)7-13(17)14-9(2)10(3)18-11(14)4/h6H,7H2,1-5H3. The predicted octanol–water partition coefficient (Wildman–Crippen LogP) is 2.67. The maximum absolute atomic E-state index is 12.3. The Morgan fingerprint density at radius 3 is 2.39 bits per heavy atom. The summed E-state index contributed by atoms with van der Waals surface area (Å²) >= 11 is 0. The number of nitrogens with zero attached hydrogens (tertiary/aromatic N) is 2. The minimum absolute atomic E-state index is 0.0878. The van der Waals surface area contributed by atoms with E-state index in [-0.39, 0.29) is 5.78 Å². The minimum Gasteiger partial charge on any atom is -0.466 e. The summed E-state index contributed by atoms with van der Waals surface area (Å²) in [4.78, 5) is 12.3. The fraction of sp³-hybridized carbons (Fsp3) is 0.429. The van der Waals surface area contributed by atoms with Crippen molar-refractivity contribution in [1.82, 2.24) is 9.78 Å². The predicted molar refractivity (Wildman–Crippen MR) is 68.9 cm³/mol. The maximum Gasteiger partial charge on any atom is 0.172 e. The molecule has 0 N–H and O–H groups in total. The molecule has 4 heteroatoms. The van der Waals surface area contributed by atoms with Crippen molar-refractivity contribution < 1.29 is 9.21 Å². The van der Waals surface area contributed by atoms with Crippen LogP contribution in [-0.2, 0) is 13.5 Å². The van der Waals surface area contributed by atoms with Gasteiger partial charge in [-0.05, 0) is 33.8 Å². The van der Waals surface area contributed by atoms with Crippen LogP contribution in [0.25, 0.3) is 0 Å². The highest BCUT2D eigenvalue weighted by atomic mass is 16.3. The third-order valence-corrected chi connectivity index (χ3v) is 3.28. The molecule has 2 heterocycles. The van der Waals surface area contributed by atoms with E-state index in [0.717, 1.165) is 22.7 Å². The molecule has 2 aromatic heterocycles. The molecule has 0 amide bonds. The van der Waals surface area contributed by atoms with Crippen LogP contribution in [0.1, 0.15) is 38.8 Å². The summed E-state index contributed by atoms with van der Waals surface area (Å²) in [6.45, 7) is 7.56. The van der Waals surface area contributed by atoms with Crippen molar-refractivity contribution in [3.63, 3.8) is 0 Å². The van der Waals surface area contributed by atoms with Crippen LogP contribution in [0, 0.1) is 27.7 Å². The van der Waals surface area contributed by atoms with Gasteiger partial charge in [-0.3, -0.25) is 9.48 Å². The van der Waals surface area contributed by atoms with Crippen molar-refractivity contribution in [2.75, 3.05) is 0 Å². The second-order valence-electron chi connectivity index (χ2n) is 4.72. The van der Waals surface area contributed by atoms with Crippen molar-refractivity contribution in [2.24, 2.45) is 7.05 Å². The molecular weight excluding hydrogens is 228 g/mol. The van der Waals surface area contributed by atoms with Gasteiger partial charge in [0.2, 0.25) is 0 Å². The second-order valence-corrected chi connectivity index (χ2v) is 4.72. The van der Waals surface area contributed by atoms with Gasteiger partial charge >= 0.3 is 0 Å². The molecule has 0 saturated heterocycles. The molecule has 0 aromatic carbocycles. The SMILES string of the molecule is Cc1cc(CC(=O)c2c(C)oc(C)c2C)n(C)n1. The van der Waals surface area contributed by atoms with Crippen LogP contribution in [0.2, 0.25) is 0 Å². The molecule has 0 aliphatic carbocycles. The number of hydrogen-bond acceptors (Lipinski definition) is 3. The summed E-state index contributed by atoms with van der Waals surface area (Å²) in [5.41, 5.74) is 3.51. The van der Waals surface area contributed by atoms with Crippen LogP contribution in [0.15, 0.2) is 10.5 Å². The average Bonchev–Trinajstić information content (AvgIpc) is 2.69. The van der Waals surface area contributed by atoms with Gasteiger partial charge in [0.05, 0.1) is 17.7 Å². The first kappa shape index (κ1) is 12.6. The van der Waals surface area contributed by atoms with Crippen LogP contribution < -0.4 is 0 Å². The van der Waals surface area contributed by atoms with Gasteiger partial charge in [-0.15, -0.1) is 0 Å². The molecule has 2 aromatic rings. The summed E-state index contributed by atoms with van der Waals surface area (Å²) < 4.78 is 7.25. The number of furan rings is 1. The Bertz CT molecular complexity index is 606. The Kier molecular flexibility index (Phi) is 3.11. The molecule has 0 bridgehead atoms. The summed E-state index contributed by atoms with van der Waals surface area (Å²) in [6.07, 6.45) is 0.359. The van der Waals surface area contributed by atoms with E-state index >= 15 is 0 Å². The number of aryl methyl sites for hydroxylation is 4. The first-order chi connectivity index (χ1) is 8.40. The van der Waals surface area contributed by atoms with E-state index in [9.17, 15) is 4.79 Å². The maximum atomic E-state index is 12.3. The zero-order valence-electron chi connectivity index (χ0n) is 11.5. The summed E-state index contributed by atoms with van der Waals surface area (Å²) in [5, 5.41) is 4.25. The lowest BCUT2D eigenvalue weighted by atomic mass is 10.0. The fourth-order valence-corrected chi connectivity index (χ4v) is 2.29. The Hall–Kier alpha value is -1.84. The summed E-state index contributed by atoms with van der Waals surface area (Å²) in [6, 6.07) is 1.94. The third kappa shape index (κ3) is 2.10. The third-order valence-electron chi connectivity index (χ3n) is 3.28. The quantitative estimate of drug-likeness (QED) is 0.782. The van der Waals surface area contributed by atoms with E-state index in [4.69, 9.17) is 4.42 Å². The van der Waals surface area contributed by atoms with Crippen LogP contribution in [0.4, 0.5) is 0 Å². The Balaban J connectivity index is 2.30. The molecule has 0 aliphatic heterocycles. The van der Waals surface area contributed by atoms with Crippen molar-refractivity contribution >= 4 is 5.78 Å². The highest BCUT2D eigenvalue weighted by Gasteiger charge is 2.19. The molecule has 0 saturated carbocycles. The molecule has 0 radical (unpaired) electrons. The average molecular weight is 246 g/mol. The number of carbonyl (C=O) groups is 1. The molecule has 96 valence electrons. The Labute approximate surface area is 107 Å². The second kappa shape index (κ2) is 4.44. The van der Waals surface area contributed by atoms with E-state index in [0.29, 0.717) is 17.7 Å². The monoisotopic (exact) mass is 246 g/mol. The van der Waals surface area contributed by atoms with Gasteiger partial charge in [0.1, 0.15) is 11.5 Å². The number of rotatable bonds is 3. The van der Waals surface area contributed by atoms with Crippen molar-refractivity contribution in [1.29, 1.82) is 0 Å². The van der Waals surface area contributed by atoms with Gasteiger partial charge in [0, 0.05) is 18.3 Å². The number of carbonyl (C=O) groups excluding carboxylic acids is 1. The van der Waals surface area contributed by atoms with Gasteiger partial charge in [0.25, 0.3) is 0 Å². The summed E-state index contributed by atoms with van der Waals surface area (Å²) in [7, 11) is 1.86. The molecule has 0 spiro atoms. The molecule has 2 rings (SSSR count). The molecule has 0 unspecified atom stereocenters. The van der Waals surface area contributed by atoms with E-state index in [1.807, 2.05) is 40.8 Å². The highest BCUT2D eigenvalue weighted by Crippen LogP contribution is 2.22. The van der Waals surface area contributed by atoms with E-state index in [1.54, 1.807) is 4.68 Å². The zero-order valence-corrected chi connectivity index (χ0v) is 11.5. The largest absolute Gasteiger partial charge is 0.466 e. The van der Waals surface area contributed by atoms with Crippen LogP contribution >= 0.6 is 0 Å². The number of ketones is 1. The molecule has 4 nitrogen and oxygen atoms in total. The fourth-order valence-electron chi connectivity index (χ4n) is 2.29. The molecular formula is C14H18N2O2. The summed E-state index contributed by atoms with van der Waals surface area (Å²) in [5.74, 6) is 1.61. The van der Waals surface area contributed by atoms with Gasteiger partial charge in [-0.1, -0.05) is 0 Å².